The van der Waals surface area contributed by atoms with Crippen LogP contribution < -0.4 is 9.46 Å². The SMILES string of the molecule is Oc1ccccc1SNc1nc(Oc2ccccc2)cc(-c2ccccc2)n1. The Morgan fingerprint density at radius 2 is 1.46 bits per heavy atom. The highest BCUT2D eigenvalue weighted by molar-refractivity contribution is 8.00. The summed E-state index contributed by atoms with van der Waals surface area (Å²) < 4.78 is 9.00. The summed E-state index contributed by atoms with van der Waals surface area (Å²) in [6.45, 7) is 0. The zero-order valence-electron chi connectivity index (χ0n) is 14.8. The molecule has 0 aliphatic rings. The first-order valence-corrected chi connectivity index (χ1v) is 9.48. The lowest BCUT2D eigenvalue weighted by molar-refractivity contribution is 0.462. The third-order valence-corrected chi connectivity index (χ3v) is 4.71. The van der Waals surface area contributed by atoms with Gasteiger partial charge in [0.15, 0.2) is 0 Å². The molecule has 28 heavy (non-hydrogen) atoms. The van der Waals surface area contributed by atoms with Crippen molar-refractivity contribution < 1.29 is 9.84 Å². The lowest BCUT2D eigenvalue weighted by atomic mass is 10.1. The second kappa shape index (κ2) is 8.45. The molecule has 1 aromatic heterocycles. The van der Waals surface area contributed by atoms with Gasteiger partial charge in [0.05, 0.1) is 10.6 Å². The molecular weight excluding hydrogens is 370 g/mol. The maximum Gasteiger partial charge on any atom is 0.237 e. The summed E-state index contributed by atoms with van der Waals surface area (Å²) in [6, 6.07) is 28.2. The van der Waals surface area contributed by atoms with Gasteiger partial charge in [-0.25, -0.2) is 4.98 Å². The Kier molecular flexibility index (Phi) is 5.40. The molecule has 6 heteroatoms. The topological polar surface area (TPSA) is 67.3 Å². The molecule has 0 aliphatic carbocycles. The minimum atomic E-state index is 0.194. The van der Waals surface area contributed by atoms with Crippen molar-refractivity contribution in [3.8, 4) is 28.6 Å². The molecule has 0 saturated carbocycles. The number of benzene rings is 3. The first kappa shape index (κ1) is 17.9. The molecule has 0 bridgehead atoms. The Hall–Kier alpha value is -3.51. The van der Waals surface area contributed by atoms with E-state index in [0.717, 1.165) is 11.3 Å². The normalized spacial score (nSPS) is 10.4. The Morgan fingerprint density at radius 3 is 2.21 bits per heavy atom. The first-order chi connectivity index (χ1) is 13.8. The van der Waals surface area contributed by atoms with Crippen LogP contribution in [0.25, 0.3) is 11.3 Å². The minimum Gasteiger partial charge on any atom is -0.507 e. The summed E-state index contributed by atoms with van der Waals surface area (Å²) in [4.78, 5) is 9.72. The number of anilines is 1. The van der Waals surface area contributed by atoms with Crippen molar-refractivity contribution in [2.45, 2.75) is 4.90 Å². The molecule has 1 heterocycles. The zero-order valence-corrected chi connectivity index (χ0v) is 15.6. The summed E-state index contributed by atoms with van der Waals surface area (Å²) in [5.74, 6) is 1.71. The van der Waals surface area contributed by atoms with Crippen molar-refractivity contribution in [2.24, 2.45) is 0 Å². The van der Waals surface area contributed by atoms with Crippen molar-refractivity contribution in [2.75, 3.05) is 4.72 Å². The number of rotatable bonds is 6. The van der Waals surface area contributed by atoms with E-state index in [9.17, 15) is 5.11 Å². The average Bonchev–Trinajstić information content (AvgIpc) is 2.74. The van der Waals surface area contributed by atoms with Gasteiger partial charge in [-0.05, 0) is 36.2 Å². The van der Waals surface area contributed by atoms with E-state index < -0.39 is 0 Å². The Morgan fingerprint density at radius 1 is 0.786 bits per heavy atom. The molecule has 2 N–H and O–H groups in total. The van der Waals surface area contributed by atoms with Gasteiger partial charge in [-0.2, -0.15) is 4.98 Å². The second-order valence-electron chi connectivity index (χ2n) is 5.87. The molecule has 0 radical (unpaired) electrons. The van der Waals surface area contributed by atoms with Crippen molar-refractivity contribution in [3.05, 3.63) is 91.0 Å². The number of phenolic OH excluding ortho intramolecular Hbond substituents is 1. The minimum absolute atomic E-state index is 0.194. The van der Waals surface area contributed by atoms with E-state index in [-0.39, 0.29) is 5.75 Å². The number of hydrogen-bond donors (Lipinski definition) is 2. The summed E-state index contributed by atoms with van der Waals surface area (Å²) in [5, 5.41) is 9.94. The first-order valence-electron chi connectivity index (χ1n) is 8.66. The quantitative estimate of drug-likeness (QED) is 0.410. The van der Waals surface area contributed by atoms with Gasteiger partial charge >= 0.3 is 0 Å². The summed E-state index contributed by atoms with van der Waals surface area (Å²) in [6.07, 6.45) is 0. The van der Waals surface area contributed by atoms with E-state index in [1.165, 1.54) is 11.9 Å². The zero-order chi connectivity index (χ0) is 19.2. The fourth-order valence-electron chi connectivity index (χ4n) is 2.53. The average molecular weight is 387 g/mol. The number of aromatic nitrogens is 2. The van der Waals surface area contributed by atoms with Crippen LogP contribution in [-0.2, 0) is 0 Å². The molecule has 0 aliphatic heterocycles. The van der Waals surface area contributed by atoms with Crippen LogP contribution in [0.2, 0.25) is 0 Å². The Balaban J connectivity index is 1.64. The summed E-state index contributed by atoms with van der Waals surface area (Å²) >= 11 is 1.24. The van der Waals surface area contributed by atoms with Crippen LogP contribution >= 0.6 is 11.9 Å². The molecule has 0 unspecified atom stereocenters. The summed E-state index contributed by atoms with van der Waals surface area (Å²) in [7, 11) is 0. The van der Waals surface area contributed by atoms with Crippen LogP contribution in [-0.4, -0.2) is 15.1 Å². The number of phenols is 1. The van der Waals surface area contributed by atoms with Crippen molar-refractivity contribution in [1.29, 1.82) is 0 Å². The summed E-state index contributed by atoms with van der Waals surface area (Å²) in [5.41, 5.74) is 1.69. The smallest absolute Gasteiger partial charge is 0.237 e. The maximum absolute atomic E-state index is 9.94. The fraction of sp³-hybridized carbons (Fsp3) is 0. The molecule has 138 valence electrons. The van der Waals surface area contributed by atoms with Crippen LogP contribution in [0.5, 0.6) is 17.4 Å². The van der Waals surface area contributed by atoms with E-state index in [1.807, 2.05) is 72.8 Å². The van der Waals surface area contributed by atoms with E-state index in [0.29, 0.717) is 22.5 Å². The number of aromatic hydroxyl groups is 1. The fourth-order valence-corrected chi connectivity index (χ4v) is 3.14. The highest BCUT2D eigenvalue weighted by Crippen LogP contribution is 2.30. The predicted octanol–water partition coefficient (Wildman–Crippen LogP) is 5.76. The maximum atomic E-state index is 9.94. The molecule has 3 aromatic carbocycles. The molecular formula is C22H17N3O2S. The van der Waals surface area contributed by atoms with Gasteiger partial charge in [0.25, 0.3) is 0 Å². The Bertz CT molecular complexity index is 1060. The van der Waals surface area contributed by atoms with Gasteiger partial charge in [0, 0.05) is 11.6 Å². The molecule has 0 fully saturated rings. The number of nitrogens with one attached hydrogen (secondary N) is 1. The molecule has 4 rings (SSSR count). The van der Waals surface area contributed by atoms with Gasteiger partial charge in [-0.3, -0.25) is 4.72 Å². The largest absolute Gasteiger partial charge is 0.507 e. The van der Waals surface area contributed by atoms with Crippen LogP contribution in [0.4, 0.5) is 5.95 Å². The lowest BCUT2D eigenvalue weighted by Gasteiger charge is -2.11. The monoisotopic (exact) mass is 387 g/mol. The number of nitrogens with zero attached hydrogens (tertiary/aromatic N) is 2. The molecule has 5 nitrogen and oxygen atoms in total. The van der Waals surface area contributed by atoms with E-state index in [4.69, 9.17) is 4.74 Å². The predicted molar refractivity (Wildman–Crippen MR) is 112 cm³/mol. The molecule has 4 aromatic rings. The Labute approximate surface area is 167 Å². The number of hydrogen-bond acceptors (Lipinski definition) is 6. The second-order valence-corrected chi connectivity index (χ2v) is 6.72. The lowest BCUT2D eigenvalue weighted by Crippen LogP contribution is -1.99. The third-order valence-electron chi connectivity index (χ3n) is 3.86. The molecule has 0 atom stereocenters. The third kappa shape index (κ3) is 4.42. The number of ether oxygens (including phenoxy) is 1. The number of para-hydroxylation sites is 2. The van der Waals surface area contributed by atoms with Crippen LogP contribution in [0.1, 0.15) is 0 Å². The van der Waals surface area contributed by atoms with Crippen molar-refractivity contribution >= 4 is 17.9 Å². The van der Waals surface area contributed by atoms with Gasteiger partial charge in [0.2, 0.25) is 11.8 Å². The van der Waals surface area contributed by atoms with Gasteiger partial charge in [-0.15, -0.1) is 0 Å². The van der Waals surface area contributed by atoms with Crippen molar-refractivity contribution in [3.63, 3.8) is 0 Å². The standard InChI is InChI=1S/C22H17N3O2S/c26-19-13-7-8-14-20(19)28-25-22-23-18(16-9-3-1-4-10-16)15-21(24-22)27-17-11-5-2-6-12-17/h1-15,26H,(H,23,24,25). The van der Waals surface area contributed by atoms with E-state index >= 15 is 0 Å². The van der Waals surface area contributed by atoms with Gasteiger partial charge in [0.1, 0.15) is 11.5 Å². The van der Waals surface area contributed by atoms with Crippen LogP contribution in [0.15, 0.2) is 95.9 Å². The van der Waals surface area contributed by atoms with Crippen LogP contribution in [0.3, 0.4) is 0 Å². The van der Waals surface area contributed by atoms with E-state index in [1.54, 1.807) is 18.2 Å². The molecule has 0 amide bonds. The highest BCUT2D eigenvalue weighted by atomic mass is 32.2. The van der Waals surface area contributed by atoms with E-state index in [2.05, 4.69) is 14.7 Å². The van der Waals surface area contributed by atoms with Crippen molar-refractivity contribution in [1.82, 2.24) is 9.97 Å². The van der Waals surface area contributed by atoms with Gasteiger partial charge in [-0.1, -0.05) is 60.7 Å². The molecule has 0 saturated heterocycles. The highest BCUT2D eigenvalue weighted by Gasteiger charge is 2.10. The van der Waals surface area contributed by atoms with Crippen LogP contribution in [0, 0.1) is 0 Å². The van der Waals surface area contributed by atoms with Gasteiger partial charge < -0.3 is 9.84 Å². The molecule has 0 spiro atoms.